The molecule has 3 amide bonds. The van der Waals surface area contributed by atoms with Gasteiger partial charge in [-0.15, -0.1) is 0 Å². The van der Waals surface area contributed by atoms with Crippen molar-refractivity contribution in [2.75, 3.05) is 13.2 Å². The Balaban J connectivity index is 1.20. The number of fused-ring (bicyclic) bond motifs is 3. The van der Waals surface area contributed by atoms with Gasteiger partial charge in [0.2, 0.25) is 0 Å². The van der Waals surface area contributed by atoms with Gasteiger partial charge in [-0.2, -0.15) is 0 Å². The molecule has 2 aromatic rings. The molecule has 4 rings (SSSR count). The van der Waals surface area contributed by atoms with E-state index in [1.54, 1.807) is 0 Å². The summed E-state index contributed by atoms with van der Waals surface area (Å²) in [6, 6.07) is 14.6. The lowest BCUT2D eigenvalue weighted by atomic mass is 9.98. The highest BCUT2D eigenvalue weighted by molar-refractivity contribution is 6.01. The van der Waals surface area contributed by atoms with Crippen molar-refractivity contribution in [2.24, 2.45) is 0 Å². The van der Waals surface area contributed by atoms with Crippen LogP contribution < -0.4 is 5.32 Å². The average Bonchev–Trinajstić information content (AvgIpc) is 3.38. The van der Waals surface area contributed by atoms with Crippen molar-refractivity contribution in [2.45, 2.75) is 44.1 Å². The normalized spacial score (nSPS) is 15.1. The lowest BCUT2D eigenvalue weighted by Crippen LogP contribution is -2.41. The minimum atomic E-state index is -1.22. The van der Waals surface area contributed by atoms with Gasteiger partial charge in [0.1, 0.15) is 12.6 Å². The minimum Gasteiger partial charge on any atom is -0.480 e. The molecule has 1 unspecified atom stereocenters. The number of carbonyl (C=O) groups is 5. The third kappa shape index (κ3) is 6.05. The number of benzene rings is 2. The Kier molecular flexibility index (Phi) is 8.02. The molecule has 37 heavy (non-hydrogen) atoms. The summed E-state index contributed by atoms with van der Waals surface area (Å²) in [4.78, 5) is 63.0. The fraction of sp³-hybridized carbons (Fsp3) is 0.346. The summed E-state index contributed by atoms with van der Waals surface area (Å²) in [6.45, 7) is -0.0590. The summed E-state index contributed by atoms with van der Waals surface area (Å²) in [7, 11) is 0. The molecule has 0 bridgehead atoms. The number of hydrogen-bond acceptors (Lipinski definition) is 8. The molecule has 0 radical (unpaired) electrons. The molecule has 2 aromatic carbocycles. The van der Waals surface area contributed by atoms with Gasteiger partial charge >= 0.3 is 18.2 Å². The number of aliphatic carboxylic acids is 1. The van der Waals surface area contributed by atoms with Gasteiger partial charge in [0.25, 0.3) is 11.8 Å². The van der Waals surface area contributed by atoms with Crippen LogP contribution in [0.1, 0.15) is 49.1 Å². The fourth-order valence-electron chi connectivity index (χ4n) is 4.40. The summed E-state index contributed by atoms with van der Waals surface area (Å²) in [5, 5.41) is 12.2. The lowest BCUT2D eigenvalue weighted by molar-refractivity contribution is -0.177. The van der Waals surface area contributed by atoms with Gasteiger partial charge < -0.3 is 19.9 Å². The zero-order valence-corrected chi connectivity index (χ0v) is 19.9. The van der Waals surface area contributed by atoms with E-state index in [9.17, 15) is 29.1 Å². The summed E-state index contributed by atoms with van der Waals surface area (Å²) in [6.07, 6.45) is -1.45. The number of imide groups is 1. The van der Waals surface area contributed by atoms with Crippen LogP contribution in [0.2, 0.25) is 0 Å². The molecule has 1 aliphatic heterocycles. The molecule has 11 nitrogen and oxygen atoms in total. The predicted molar refractivity (Wildman–Crippen MR) is 127 cm³/mol. The summed E-state index contributed by atoms with van der Waals surface area (Å²) >= 11 is 0. The van der Waals surface area contributed by atoms with Gasteiger partial charge in [0.05, 0.1) is 6.61 Å². The van der Waals surface area contributed by atoms with Gasteiger partial charge in [0, 0.05) is 18.8 Å². The zero-order valence-electron chi connectivity index (χ0n) is 19.9. The van der Waals surface area contributed by atoms with Gasteiger partial charge in [-0.1, -0.05) is 53.6 Å². The Hall–Kier alpha value is -4.41. The predicted octanol–water partition coefficient (Wildman–Crippen LogP) is 3.37. The first kappa shape index (κ1) is 25.7. The molecule has 0 aromatic heterocycles. The minimum absolute atomic E-state index is 0.0284. The van der Waals surface area contributed by atoms with Crippen LogP contribution in [0.15, 0.2) is 48.5 Å². The SMILES string of the molecule is O=C(NC(CCCCOC(=O)ON1C(=O)CCC1=O)C(=O)O)OCC1c2ccccc2-c2ccccc21. The van der Waals surface area contributed by atoms with Crippen LogP contribution in [0.25, 0.3) is 11.1 Å². The van der Waals surface area contributed by atoms with Crippen LogP contribution in [-0.4, -0.2) is 59.5 Å². The standard InChI is InChI=1S/C26H26N2O9/c29-22-12-13-23(30)28(22)37-26(34)35-14-6-5-11-21(24(31)32)27-25(33)36-15-20-18-9-3-1-7-16(18)17-8-2-4-10-19(17)20/h1-4,7-10,20-21H,5-6,11-15H2,(H,27,33)(H,31,32). The van der Waals surface area contributed by atoms with Crippen molar-refractivity contribution in [3.63, 3.8) is 0 Å². The lowest BCUT2D eigenvalue weighted by Gasteiger charge is -2.17. The van der Waals surface area contributed by atoms with E-state index < -0.39 is 36.1 Å². The van der Waals surface area contributed by atoms with Crippen molar-refractivity contribution in [1.82, 2.24) is 10.4 Å². The maximum absolute atomic E-state index is 12.4. The van der Waals surface area contributed by atoms with E-state index in [0.29, 0.717) is 11.5 Å². The van der Waals surface area contributed by atoms with E-state index in [4.69, 9.17) is 9.47 Å². The number of alkyl carbamates (subject to hydrolysis) is 1. The molecule has 1 fully saturated rings. The smallest absolute Gasteiger partial charge is 0.480 e. The van der Waals surface area contributed by atoms with E-state index in [-0.39, 0.29) is 44.8 Å². The summed E-state index contributed by atoms with van der Waals surface area (Å²) in [5.41, 5.74) is 4.26. The van der Waals surface area contributed by atoms with E-state index in [1.807, 2.05) is 48.5 Å². The highest BCUT2D eigenvalue weighted by Gasteiger charge is 2.33. The van der Waals surface area contributed by atoms with Crippen molar-refractivity contribution >= 4 is 30.0 Å². The Morgan fingerprint density at radius 3 is 2.11 bits per heavy atom. The van der Waals surface area contributed by atoms with E-state index in [1.165, 1.54) is 0 Å². The van der Waals surface area contributed by atoms with Crippen molar-refractivity contribution in [3.8, 4) is 11.1 Å². The van der Waals surface area contributed by atoms with Crippen molar-refractivity contribution < 1.29 is 43.4 Å². The van der Waals surface area contributed by atoms with Gasteiger partial charge in [-0.25, -0.2) is 14.4 Å². The van der Waals surface area contributed by atoms with Crippen LogP contribution in [0.5, 0.6) is 0 Å². The molecule has 0 spiro atoms. The number of amides is 3. The molecular formula is C26H26N2O9. The highest BCUT2D eigenvalue weighted by atomic mass is 16.8. The van der Waals surface area contributed by atoms with Gasteiger partial charge in [-0.3, -0.25) is 14.4 Å². The second-order valence-corrected chi connectivity index (χ2v) is 8.63. The number of carboxylic acid groups (broad SMARTS) is 1. The second kappa shape index (κ2) is 11.5. The zero-order chi connectivity index (χ0) is 26.4. The number of nitrogens with zero attached hydrogens (tertiary/aromatic N) is 1. The Morgan fingerprint density at radius 1 is 0.919 bits per heavy atom. The third-order valence-electron chi connectivity index (χ3n) is 6.21. The van der Waals surface area contributed by atoms with Crippen LogP contribution in [0, 0.1) is 0 Å². The average molecular weight is 510 g/mol. The first-order chi connectivity index (χ1) is 17.8. The van der Waals surface area contributed by atoms with E-state index in [2.05, 4.69) is 10.2 Å². The molecule has 1 aliphatic carbocycles. The summed E-state index contributed by atoms with van der Waals surface area (Å²) < 4.78 is 10.2. The maximum Gasteiger partial charge on any atom is 0.533 e. The molecule has 0 saturated carbocycles. The number of ether oxygens (including phenoxy) is 2. The van der Waals surface area contributed by atoms with Crippen LogP contribution in [0.3, 0.4) is 0 Å². The molecule has 194 valence electrons. The number of unbranched alkanes of at least 4 members (excludes halogenated alkanes) is 1. The third-order valence-corrected chi connectivity index (χ3v) is 6.21. The van der Waals surface area contributed by atoms with E-state index >= 15 is 0 Å². The van der Waals surface area contributed by atoms with Gasteiger partial charge in [-0.05, 0) is 41.5 Å². The van der Waals surface area contributed by atoms with Crippen LogP contribution >= 0.6 is 0 Å². The highest BCUT2D eigenvalue weighted by Crippen LogP contribution is 2.44. The topological polar surface area (TPSA) is 149 Å². The summed E-state index contributed by atoms with van der Waals surface area (Å²) in [5.74, 6) is -2.61. The van der Waals surface area contributed by atoms with E-state index in [0.717, 1.165) is 22.3 Å². The second-order valence-electron chi connectivity index (χ2n) is 8.63. The largest absolute Gasteiger partial charge is 0.533 e. The molecule has 2 aliphatic rings. The molecule has 11 heteroatoms. The number of hydrogen-bond donors (Lipinski definition) is 2. The molecule has 2 N–H and O–H groups in total. The quantitative estimate of drug-likeness (QED) is 0.279. The number of carboxylic acids is 1. The van der Waals surface area contributed by atoms with Gasteiger partial charge in [0.15, 0.2) is 0 Å². The molecule has 1 heterocycles. The van der Waals surface area contributed by atoms with Crippen LogP contribution in [-0.2, 0) is 28.7 Å². The molecule has 1 saturated heterocycles. The molecular weight excluding hydrogens is 484 g/mol. The van der Waals surface area contributed by atoms with Crippen LogP contribution in [0.4, 0.5) is 9.59 Å². The van der Waals surface area contributed by atoms with Crippen molar-refractivity contribution in [3.05, 3.63) is 59.7 Å². The Morgan fingerprint density at radius 2 is 1.51 bits per heavy atom. The number of carbonyl (C=O) groups excluding carboxylic acids is 4. The number of nitrogens with one attached hydrogen (secondary N) is 1. The monoisotopic (exact) mass is 510 g/mol. The Labute approximate surface area is 212 Å². The first-order valence-electron chi connectivity index (χ1n) is 11.9. The van der Waals surface area contributed by atoms with Crippen molar-refractivity contribution in [1.29, 1.82) is 0 Å². The fourth-order valence-corrected chi connectivity index (χ4v) is 4.40. The maximum atomic E-state index is 12.4. The Bertz CT molecular complexity index is 1150. The number of rotatable bonds is 10. The first-order valence-corrected chi connectivity index (χ1v) is 11.9. The number of hydroxylamine groups is 2. The molecule has 1 atom stereocenters.